The van der Waals surface area contributed by atoms with Crippen LogP contribution in [0.5, 0.6) is 0 Å². The Hall–Kier alpha value is -1.36. The van der Waals surface area contributed by atoms with Gasteiger partial charge in [0, 0.05) is 6.26 Å². The maximum absolute atomic E-state index is 11.2. The van der Waals surface area contributed by atoms with E-state index in [0.717, 1.165) is 11.8 Å². The molecule has 2 aromatic rings. The quantitative estimate of drug-likeness (QED) is 0.717. The third-order valence-corrected chi connectivity index (χ3v) is 2.73. The molecule has 0 radical (unpaired) electrons. The molecule has 1 aromatic carbocycles. The van der Waals surface area contributed by atoms with E-state index in [-0.39, 0.29) is 5.22 Å². The van der Waals surface area contributed by atoms with Crippen molar-refractivity contribution in [3.05, 3.63) is 23.8 Å². The summed E-state index contributed by atoms with van der Waals surface area (Å²) in [6.07, 6.45) is 1.08. The molecule has 74 valence electrons. The first-order valence-corrected chi connectivity index (χ1v) is 5.94. The number of hydrogen-bond donors (Lipinski definition) is 0. The highest BCUT2D eigenvalue weighted by molar-refractivity contribution is 7.90. The Balaban J connectivity index is 2.81. The van der Waals surface area contributed by atoms with E-state index < -0.39 is 9.84 Å². The van der Waals surface area contributed by atoms with Gasteiger partial charge in [0.2, 0.25) is 9.84 Å². The van der Waals surface area contributed by atoms with Crippen molar-refractivity contribution in [3.8, 4) is 0 Å². The summed E-state index contributed by atoms with van der Waals surface area (Å²) in [6.45, 7) is 1.86. The second kappa shape index (κ2) is 2.81. The van der Waals surface area contributed by atoms with Crippen LogP contribution >= 0.6 is 0 Å². The summed E-state index contributed by atoms with van der Waals surface area (Å²) in [5, 5.41) is -0.221. The van der Waals surface area contributed by atoms with Gasteiger partial charge in [-0.05, 0) is 18.6 Å². The largest absolute Gasteiger partial charge is 0.428 e. The summed E-state index contributed by atoms with van der Waals surface area (Å²) in [5.74, 6) is 0. The molecule has 0 saturated heterocycles. The monoisotopic (exact) mass is 211 g/mol. The van der Waals surface area contributed by atoms with Gasteiger partial charge in [-0.1, -0.05) is 12.1 Å². The highest BCUT2D eigenvalue weighted by Crippen LogP contribution is 2.21. The molecule has 0 unspecified atom stereocenters. The van der Waals surface area contributed by atoms with Crippen LogP contribution in [0.15, 0.2) is 27.8 Å². The molecule has 4 nitrogen and oxygen atoms in total. The summed E-state index contributed by atoms with van der Waals surface area (Å²) in [5.41, 5.74) is 2.01. The van der Waals surface area contributed by atoms with Crippen molar-refractivity contribution in [2.24, 2.45) is 0 Å². The van der Waals surface area contributed by atoms with Crippen LogP contribution < -0.4 is 0 Å². The minimum atomic E-state index is -3.36. The topological polar surface area (TPSA) is 60.2 Å². The highest BCUT2D eigenvalue weighted by atomic mass is 32.2. The van der Waals surface area contributed by atoms with E-state index in [1.54, 1.807) is 12.1 Å². The molecule has 0 saturated carbocycles. The Labute approximate surface area is 81.5 Å². The zero-order valence-corrected chi connectivity index (χ0v) is 8.63. The molecule has 0 aliphatic rings. The molecule has 0 fully saturated rings. The third-order valence-electron chi connectivity index (χ3n) is 1.92. The van der Waals surface area contributed by atoms with Gasteiger partial charge in [0.05, 0.1) is 0 Å². The van der Waals surface area contributed by atoms with Gasteiger partial charge in [-0.25, -0.2) is 8.42 Å². The number of hydrogen-bond acceptors (Lipinski definition) is 4. The molecule has 0 spiro atoms. The summed E-state index contributed by atoms with van der Waals surface area (Å²) < 4.78 is 27.4. The van der Waals surface area contributed by atoms with Gasteiger partial charge in [0.1, 0.15) is 5.52 Å². The lowest BCUT2D eigenvalue weighted by molar-refractivity contribution is 0.461. The second-order valence-corrected chi connectivity index (χ2v) is 5.07. The number of nitrogens with zero attached hydrogens (tertiary/aromatic N) is 1. The normalized spacial score (nSPS) is 12.1. The predicted octanol–water partition coefficient (Wildman–Crippen LogP) is 1.54. The van der Waals surface area contributed by atoms with Crippen molar-refractivity contribution in [1.29, 1.82) is 0 Å². The molecular weight excluding hydrogens is 202 g/mol. The number of aryl methyl sites for hydroxylation is 1. The highest BCUT2D eigenvalue weighted by Gasteiger charge is 2.16. The predicted molar refractivity (Wildman–Crippen MR) is 51.9 cm³/mol. The van der Waals surface area contributed by atoms with E-state index in [4.69, 9.17) is 4.42 Å². The minimum absolute atomic E-state index is 0.221. The van der Waals surface area contributed by atoms with Gasteiger partial charge >= 0.3 is 5.22 Å². The SMILES string of the molecule is Cc1cccc2oc(S(C)(=O)=O)nc12. The second-order valence-electron chi connectivity index (χ2n) is 3.17. The average Bonchev–Trinajstić information content (AvgIpc) is 2.48. The van der Waals surface area contributed by atoms with Crippen molar-refractivity contribution in [2.45, 2.75) is 12.1 Å². The van der Waals surface area contributed by atoms with Gasteiger partial charge in [0.15, 0.2) is 5.58 Å². The number of para-hydroxylation sites is 1. The molecule has 1 aromatic heterocycles. The van der Waals surface area contributed by atoms with E-state index in [1.807, 2.05) is 13.0 Å². The Bertz CT molecular complexity index is 583. The molecule has 0 aliphatic heterocycles. The van der Waals surface area contributed by atoms with Crippen LogP contribution in [0.3, 0.4) is 0 Å². The van der Waals surface area contributed by atoms with Crippen LogP contribution in [0, 0.1) is 6.92 Å². The van der Waals surface area contributed by atoms with Crippen LogP contribution in [0.25, 0.3) is 11.1 Å². The molecule has 5 heteroatoms. The number of oxazole rings is 1. The smallest absolute Gasteiger partial charge is 0.315 e. The fourth-order valence-electron chi connectivity index (χ4n) is 1.22. The standard InChI is InChI=1S/C9H9NO3S/c1-6-4-3-5-7-8(6)10-9(13-7)14(2,11)12/h3-5H,1-2H3. The van der Waals surface area contributed by atoms with Crippen molar-refractivity contribution < 1.29 is 12.8 Å². The molecular formula is C9H9NO3S. The van der Waals surface area contributed by atoms with Crippen LogP contribution in [0.1, 0.15) is 5.56 Å². The zero-order chi connectivity index (χ0) is 10.3. The minimum Gasteiger partial charge on any atom is -0.428 e. The summed E-state index contributed by atoms with van der Waals surface area (Å²) in [4.78, 5) is 3.93. The number of rotatable bonds is 1. The fourth-order valence-corrected chi connectivity index (χ4v) is 1.72. The van der Waals surface area contributed by atoms with E-state index in [9.17, 15) is 8.42 Å². The van der Waals surface area contributed by atoms with E-state index in [0.29, 0.717) is 11.1 Å². The summed E-state index contributed by atoms with van der Waals surface area (Å²) in [7, 11) is -3.36. The lowest BCUT2D eigenvalue weighted by Gasteiger charge is -1.88. The molecule has 0 aliphatic carbocycles. The number of aromatic nitrogens is 1. The van der Waals surface area contributed by atoms with Crippen LogP contribution in [-0.4, -0.2) is 19.7 Å². The van der Waals surface area contributed by atoms with Crippen LogP contribution in [0.4, 0.5) is 0 Å². The Kier molecular flexibility index (Phi) is 1.85. The Morgan fingerprint density at radius 1 is 1.36 bits per heavy atom. The average molecular weight is 211 g/mol. The van der Waals surface area contributed by atoms with E-state index >= 15 is 0 Å². The third kappa shape index (κ3) is 1.39. The van der Waals surface area contributed by atoms with Gasteiger partial charge < -0.3 is 4.42 Å². The number of benzene rings is 1. The van der Waals surface area contributed by atoms with E-state index in [1.165, 1.54) is 0 Å². The zero-order valence-electron chi connectivity index (χ0n) is 7.81. The first-order chi connectivity index (χ1) is 6.48. The molecule has 0 bridgehead atoms. The maximum Gasteiger partial charge on any atom is 0.315 e. The molecule has 2 rings (SSSR count). The molecule has 1 heterocycles. The van der Waals surface area contributed by atoms with Gasteiger partial charge in [-0.2, -0.15) is 4.98 Å². The Morgan fingerprint density at radius 3 is 2.64 bits per heavy atom. The molecule has 0 N–H and O–H groups in total. The van der Waals surface area contributed by atoms with E-state index in [2.05, 4.69) is 4.98 Å². The van der Waals surface area contributed by atoms with Gasteiger partial charge in [0.25, 0.3) is 0 Å². The van der Waals surface area contributed by atoms with Crippen molar-refractivity contribution >= 4 is 20.9 Å². The number of fused-ring (bicyclic) bond motifs is 1. The Morgan fingerprint density at radius 2 is 2.07 bits per heavy atom. The van der Waals surface area contributed by atoms with Gasteiger partial charge in [-0.3, -0.25) is 0 Å². The molecule has 0 atom stereocenters. The maximum atomic E-state index is 11.2. The first kappa shape index (κ1) is 9.21. The molecule has 14 heavy (non-hydrogen) atoms. The van der Waals surface area contributed by atoms with Crippen molar-refractivity contribution in [2.75, 3.05) is 6.26 Å². The van der Waals surface area contributed by atoms with Crippen LogP contribution in [0.2, 0.25) is 0 Å². The summed E-state index contributed by atoms with van der Waals surface area (Å²) >= 11 is 0. The fraction of sp³-hybridized carbons (Fsp3) is 0.222. The van der Waals surface area contributed by atoms with Crippen molar-refractivity contribution in [3.63, 3.8) is 0 Å². The van der Waals surface area contributed by atoms with Crippen LogP contribution in [-0.2, 0) is 9.84 Å². The lowest BCUT2D eigenvalue weighted by Crippen LogP contribution is -1.96. The molecule has 0 amide bonds. The lowest BCUT2D eigenvalue weighted by atomic mass is 10.2. The van der Waals surface area contributed by atoms with Gasteiger partial charge in [-0.15, -0.1) is 0 Å². The van der Waals surface area contributed by atoms with Crippen molar-refractivity contribution in [1.82, 2.24) is 4.98 Å². The summed E-state index contributed by atoms with van der Waals surface area (Å²) in [6, 6.07) is 5.36. The number of sulfone groups is 1. The first-order valence-electron chi connectivity index (χ1n) is 4.05.